The van der Waals surface area contributed by atoms with E-state index in [1.165, 1.54) is 0 Å². The average Bonchev–Trinajstić information content (AvgIpc) is 2.74. The van der Waals surface area contributed by atoms with E-state index in [0.29, 0.717) is 36.1 Å². The Hall–Kier alpha value is -3.22. The lowest BCUT2D eigenvalue weighted by atomic mass is 10.1. The first kappa shape index (κ1) is 21.1. The van der Waals surface area contributed by atoms with Crippen molar-refractivity contribution < 1.29 is 14.3 Å². The minimum absolute atomic E-state index is 0.107. The number of carbonyl (C=O) groups excluding carboxylic acids is 1. The number of hydrogen-bond donors (Lipinski definition) is 3. The average molecular weight is 384 g/mol. The summed E-state index contributed by atoms with van der Waals surface area (Å²) in [4.78, 5) is 16.4. The van der Waals surface area contributed by atoms with Crippen LogP contribution in [0, 0.1) is 0 Å². The molecule has 0 atom stereocenters. The fourth-order valence-corrected chi connectivity index (χ4v) is 2.64. The second-order valence-electron chi connectivity index (χ2n) is 6.02. The van der Waals surface area contributed by atoms with E-state index < -0.39 is 0 Å². The maximum Gasteiger partial charge on any atom is 0.251 e. The van der Waals surface area contributed by atoms with Crippen molar-refractivity contribution in [1.82, 2.24) is 16.0 Å². The Labute approximate surface area is 166 Å². The summed E-state index contributed by atoms with van der Waals surface area (Å²) in [5.74, 6) is 1.98. The summed E-state index contributed by atoms with van der Waals surface area (Å²) in [5.41, 5.74) is 2.63. The lowest BCUT2D eigenvalue weighted by Crippen LogP contribution is -2.36. The van der Waals surface area contributed by atoms with Gasteiger partial charge in [0.15, 0.2) is 17.5 Å². The molecule has 0 radical (unpaired) electrons. The zero-order valence-corrected chi connectivity index (χ0v) is 16.8. The van der Waals surface area contributed by atoms with E-state index in [1.807, 2.05) is 43.3 Å². The molecule has 0 spiro atoms. The van der Waals surface area contributed by atoms with Crippen molar-refractivity contribution in [3.63, 3.8) is 0 Å². The van der Waals surface area contributed by atoms with Crippen LogP contribution in [-0.4, -0.2) is 39.7 Å². The molecule has 0 bridgehead atoms. The SMILES string of the molecule is CCNC(=NCc1cccc(C(=O)NC)c1)NCc1ccc(OC)c(OC)c1. The molecule has 1 amide bonds. The molecular formula is C21H28N4O3. The van der Waals surface area contributed by atoms with Gasteiger partial charge >= 0.3 is 0 Å². The summed E-state index contributed by atoms with van der Waals surface area (Å²) < 4.78 is 10.6. The Bertz CT molecular complexity index is 821. The molecule has 0 heterocycles. The van der Waals surface area contributed by atoms with E-state index in [4.69, 9.17) is 9.47 Å². The van der Waals surface area contributed by atoms with Crippen molar-refractivity contribution in [2.75, 3.05) is 27.8 Å². The summed E-state index contributed by atoms with van der Waals surface area (Å²) in [6.45, 7) is 3.81. The van der Waals surface area contributed by atoms with Crippen molar-refractivity contribution in [2.24, 2.45) is 4.99 Å². The number of carbonyl (C=O) groups is 1. The van der Waals surface area contributed by atoms with Crippen LogP contribution < -0.4 is 25.4 Å². The molecular weight excluding hydrogens is 356 g/mol. The Morgan fingerprint density at radius 1 is 1.00 bits per heavy atom. The number of amides is 1. The standard InChI is InChI=1S/C21H28N4O3/c1-5-23-21(24-13-15-7-6-8-17(11-15)20(26)22-2)25-14-16-9-10-18(27-3)19(12-16)28-4/h6-12H,5,13-14H2,1-4H3,(H,22,26)(H2,23,24,25). The molecule has 0 saturated heterocycles. The number of rotatable bonds is 8. The molecule has 2 aromatic rings. The predicted octanol–water partition coefficient (Wildman–Crippen LogP) is 2.32. The monoisotopic (exact) mass is 384 g/mol. The molecule has 7 heteroatoms. The quantitative estimate of drug-likeness (QED) is 0.481. The van der Waals surface area contributed by atoms with Crippen LogP contribution in [-0.2, 0) is 13.1 Å². The summed E-state index contributed by atoms with van der Waals surface area (Å²) in [6, 6.07) is 13.2. The Morgan fingerprint density at radius 2 is 1.79 bits per heavy atom. The highest BCUT2D eigenvalue weighted by atomic mass is 16.5. The van der Waals surface area contributed by atoms with Crippen LogP contribution in [0.15, 0.2) is 47.5 Å². The summed E-state index contributed by atoms with van der Waals surface area (Å²) in [6.07, 6.45) is 0. The number of hydrogen-bond acceptors (Lipinski definition) is 4. The highest BCUT2D eigenvalue weighted by Crippen LogP contribution is 2.27. The molecule has 150 valence electrons. The normalized spacial score (nSPS) is 10.9. The number of ether oxygens (including phenoxy) is 2. The number of guanidine groups is 1. The molecule has 0 fully saturated rings. The van der Waals surface area contributed by atoms with Gasteiger partial charge in [-0.1, -0.05) is 18.2 Å². The Morgan fingerprint density at radius 3 is 2.46 bits per heavy atom. The minimum atomic E-state index is -0.107. The van der Waals surface area contributed by atoms with Crippen molar-refractivity contribution in [2.45, 2.75) is 20.0 Å². The third-order valence-corrected chi connectivity index (χ3v) is 4.09. The molecule has 28 heavy (non-hydrogen) atoms. The van der Waals surface area contributed by atoms with E-state index in [1.54, 1.807) is 27.3 Å². The van der Waals surface area contributed by atoms with Gasteiger partial charge in [0, 0.05) is 25.7 Å². The smallest absolute Gasteiger partial charge is 0.251 e. The summed E-state index contributed by atoms with van der Waals surface area (Å²) in [7, 11) is 4.85. The molecule has 0 aliphatic heterocycles. The second kappa shape index (κ2) is 10.8. The zero-order chi connectivity index (χ0) is 20.4. The minimum Gasteiger partial charge on any atom is -0.493 e. The summed E-state index contributed by atoms with van der Waals surface area (Å²) in [5, 5.41) is 9.17. The second-order valence-corrected chi connectivity index (χ2v) is 6.02. The van der Waals surface area contributed by atoms with E-state index in [-0.39, 0.29) is 5.91 Å². The molecule has 0 aromatic heterocycles. The van der Waals surface area contributed by atoms with Crippen LogP contribution in [0.1, 0.15) is 28.4 Å². The fourth-order valence-electron chi connectivity index (χ4n) is 2.64. The third-order valence-electron chi connectivity index (χ3n) is 4.09. The number of aliphatic imine (C=N–C) groups is 1. The van der Waals surface area contributed by atoms with Gasteiger partial charge in [0.05, 0.1) is 20.8 Å². The van der Waals surface area contributed by atoms with E-state index in [2.05, 4.69) is 20.9 Å². The molecule has 3 N–H and O–H groups in total. The first-order chi connectivity index (χ1) is 13.6. The van der Waals surface area contributed by atoms with Gasteiger partial charge in [-0.15, -0.1) is 0 Å². The Balaban J connectivity index is 2.06. The van der Waals surface area contributed by atoms with Gasteiger partial charge in [-0.3, -0.25) is 4.79 Å². The zero-order valence-electron chi connectivity index (χ0n) is 16.8. The van der Waals surface area contributed by atoms with Gasteiger partial charge in [0.2, 0.25) is 0 Å². The van der Waals surface area contributed by atoms with E-state index in [0.717, 1.165) is 17.7 Å². The van der Waals surface area contributed by atoms with Crippen molar-refractivity contribution in [3.05, 3.63) is 59.2 Å². The van der Waals surface area contributed by atoms with Gasteiger partial charge in [0.25, 0.3) is 5.91 Å². The van der Waals surface area contributed by atoms with Gasteiger partial charge < -0.3 is 25.4 Å². The third kappa shape index (κ3) is 5.90. The molecule has 0 aliphatic carbocycles. The fraction of sp³-hybridized carbons (Fsp3) is 0.333. The van der Waals surface area contributed by atoms with E-state index in [9.17, 15) is 4.79 Å². The first-order valence-electron chi connectivity index (χ1n) is 9.15. The van der Waals surface area contributed by atoms with Gasteiger partial charge in [-0.25, -0.2) is 4.99 Å². The molecule has 0 unspecified atom stereocenters. The highest BCUT2D eigenvalue weighted by molar-refractivity contribution is 5.94. The van der Waals surface area contributed by atoms with Gasteiger partial charge in [-0.2, -0.15) is 0 Å². The number of methoxy groups -OCH3 is 2. The van der Waals surface area contributed by atoms with Crippen molar-refractivity contribution in [3.8, 4) is 11.5 Å². The maximum atomic E-state index is 11.8. The van der Waals surface area contributed by atoms with Crippen molar-refractivity contribution in [1.29, 1.82) is 0 Å². The van der Waals surface area contributed by atoms with Crippen LogP contribution in [0.2, 0.25) is 0 Å². The lowest BCUT2D eigenvalue weighted by molar-refractivity contribution is 0.0963. The van der Waals surface area contributed by atoms with Crippen LogP contribution >= 0.6 is 0 Å². The van der Waals surface area contributed by atoms with E-state index >= 15 is 0 Å². The maximum absolute atomic E-state index is 11.8. The number of benzene rings is 2. The Kier molecular flexibility index (Phi) is 8.14. The molecule has 0 saturated carbocycles. The topological polar surface area (TPSA) is 84.0 Å². The number of nitrogens with one attached hydrogen (secondary N) is 3. The van der Waals surface area contributed by atoms with Gasteiger partial charge in [0.1, 0.15) is 0 Å². The van der Waals surface area contributed by atoms with Gasteiger partial charge in [-0.05, 0) is 42.3 Å². The largest absolute Gasteiger partial charge is 0.493 e. The molecule has 0 aliphatic rings. The van der Waals surface area contributed by atoms with Crippen LogP contribution in [0.25, 0.3) is 0 Å². The van der Waals surface area contributed by atoms with Crippen molar-refractivity contribution >= 4 is 11.9 Å². The van der Waals surface area contributed by atoms with Crippen LogP contribution in [0.5, 0.6) is 11.5 Å². The van der Waals surface area contributed by atoms with Crippen LogP contribution in [0.3, 0.4) is 0 Å². The number of nitrogens with zero attached hydrogens (tertiary/aromatic N) is 1. The predicted molar refractivity (Wildman–Crippen MR) is 111 cm³/mol. The highest BCUT2D eigenvalue weighted by Gasteiger charge is 2.06. The summed E-state index contributed by atoms with van der Waals surface area (Å²) >= 11 is 0. The first-order valence-corrected chi connectivity index (χ1v) is 9.15. The molecule has 7 nitrogen and oxygen atoms in total. The van der Waals surface area contributed by atoms with Crippen LogP contribution in [0.4, 0.5) is 0 Å². The lowest BCUT2D eigenvalue weighted by Gasteiger charge is -2.13. The molecule has 2 rings (SSSR count). The molecule has 2 aromatic carbocycles.